The maximum atomic E-state index is 14.1. The van der Waals surface area contributed by atoms with E-state index in [0.29, 0.717) is 28.8 Å². The van der Waals surface area contributed by atoms with Crippen LogP contribution in [0, 0.1) is 5.82 Å². The van der Waals surface area contributed by atoms with Crippen molar-refractivity contribution in [3.8, 4) is 11.5 Å². The van der Waals surface area contributed by atoms with E-state index in [4.69, 9.17) is 9.47 Å². The molecule has 0 fully saturated rings. The van der Waals surface area contributed by atoms with Gasteiger partial charge in [-0.25, -0.2) is 19.2 Å². The molecule has 9 heteroatoms. The Morgan fingerprint density at radius 3 is 2.68 bits per heavy atom. The molecule has 4 aromatic rings. The van der Waals surface area contributed by atoms with Crippen molar-refractivity contribution in [3.05, 3.63) is 66.1 Å². The van der Waals surface area contributed by atoms with Gasteiger partial charge in [-0.2, -0.15) is 0 Å². The number of anilines is 3. The first-order chi connectivity index (χ1) is 16.3. The number of benzene rings is 2. The van der Waals surface area contributed by atoms with Gasteiger partial charge >= 0.3 is 6.09 Å². The molecule has 0 unspecified atom stereocenters. The number of aromatic nitrogens is 3. The average Bonchev–Trinajstić information content (AvgIpc) is 3.09. The van der Waals surface area contributed by atoms with Crippen LogP contribution in [0.4, 0.5) is 26.6 Å². The molecule has 2 aromatic heterocycles. The Morgan fingerprint density at radius 2 is 1.91 bits per heavy atom. The molecule has 0 radical (unpaired) electrons. The van der Waals surface area contributed by atoms with Crippen molar-refractivity contribution >= 4 is 34.6 Å². The number of carbonyl (C=O) groups excluding carboxylic acids is 1. The molecule has 0 spiro atoms. The molecule has 34 heavy (non-hydrogen) atoms. The minimum Gasteiger partial charge on any atom is -0.457 e. The third kappa shape index (κ3) is 5.09. The molecule has 176 valence electrons. The number of imidazole rings is 1. The van der Waals surface area contributed by atoms with Crippen molar-refractivity contribution < 1.29 is 18.7 Å². The summed E-state index contributed by atoms with van der Waals surface area (Å²) in [7, 11) is 1.90. The average molecular weight is 464 g/mol. The van der Waals surface area contributed by atoms with E-state index in [2.05, 4.69) is 20.6 Å². The number of nitrogens with one attached hydrogen (secondary N) is 2. The normalized spacial score (nSPS) is 11.0. The van der Waals surface area contributed by atoms with Crippen molar-refractivity contribution in [2.75, 3.05) is 17.2 Å². The predicted octanol–water partition coefficient (Wildman–Crippen LogP) is 6.34. The van der Waals surface area contributed by atoms with E-state index in [-0.39, 0.29) is 18.3 Å². The number of carbonyl (C=O) groups is 1. The summed E-state index contributed by atoms with van der Waals surface area (Å²) >= 11 is 0. The van der Waals surface area contributed by atoms with Crippen molar-refractivity contribution in [2.45, 2.75) is 26.7 Å². The zero-order chi connectivity index (χ0) is 24.2. The second kappa shape index (κ2) is 9.78. The Bertz CT molecular complexity index is 1340. The Labute approximate surface area is 196 Å². The fourth-order valence-electron chi connectivity index (χ4n) is 3.50. The zero-order valence-corrected chi connectivity index (χ0v) is 19.4. The van der Waals surface area contributed by atoms with Gasteiger partial charge in [0, 0.05) is 31.1 Å². The SMILES string of the molecule is CCOC(=O)Nc1cc(Oc2ccc3c(c2)nc(Nc2ccc(F)c(C(C)C)c2)n3C)ccn1. The molecule has 2 heterocycles. The summed E-state index contributed by atoms with van der Waals surface area (Å²) < 4.78 is 26.8. The van der Waals surface area contributed by atoms with E-state index in [0.717, 1.165) is 16.7 Å². The van der Waals surface area contributed by atoms with Crippen LogP contribution in [0.25, 0.3) is 11.0 Å². The minimum atomic E-state index is -0.580. The van der Waals surface area contributed by atoms with E-state index in [1.807, 2.05) is 43.7 Å². The highest BCUT2D eigenvalue weighted by Gasteiger charge is 2.12. The molecule has 2 N–H and O–H groups in total. The molecule has 0 saturated heterocycles. The molecular formula is C25H26FN5O3. The largest absolute Gasteiger partial charge is 0.457 e. The Morgan fingerprint density at radius 1 is 1.12 bits per heavy atom. The van der Waals surface area contributed by atoms with Gasteiger partial charge in [-0.3, -0.25) is 5.32 Å². The van der Waals surface area contributed by atoms with Gasteiger partial charge in [0.25, 0.3) is 0 Å². The number of halogens is 1. The topological polar surface area (TPSA) is 90.3 Å². The molecule has 0 aliphatic rings. The first kappa shape index (κ1) is 23.0. The number of amides is 1. The van der Waals surface area contributed by atoms with Crippen LogP contribution >= 0.6 is 0 Å². The number of aryl methyl sites for hydroxylation is 1. The third-order valence-corrected chi connectivity index (χ3v) is 5.20. The van der Waals surface area contributed by atoms with E-state index in [9.17, 15) is 9.18 Å². The lowest BCUT2D eigenvalue weighted by Gasteiger charge is -2.11. The van der Waals surface area contributed by atoms with Crippen molar-refractivity contribution in [1.82, 2.24) is 14.5 Å². The lowest BCUT2D eigenvalue weighted by atomic mass is 10.0. The lowest BCUT2D eigenvalue weighted by Crippen LogP contribution is -2.14. The number of nitrogens with zero attached hydrogens (tertiary/aromatic N) is 3. The van der Waals surface area contributed by atoms with E-state index < -0.39 is 6.09 Å². The van der Waals surface area contributed by atoms with Crippen LogP contribution in [0.3, 0.4) is 0 Å². The standard InChI is InChI=1S/C25H26FN5O3/c1-5-33-25(32)30-23-14-18(10-11-27-23)34-17-7-9-22-21(13-17)29-24(31(22)4)28-16-6-8-20(26)19(12-16)15(2)3/h6-15H,5H2,1-4H3,(H,28,29)(H,27,30,32). The van der Waals surface area contributed by atoms with Crippen molar-refractivity contribution in [3.63, 3.8) is 0 Å². The van der Waals surface area contributed by atoms with Gasteiger partial charge in [0.05, 0.1) is 17.6 Å². The number of rotatable bonds is 7. The van der Waals surface area contributed by atoms with Gasteiger partial charge in [-0.1, -0.05) is 13.8 Å². The number of fused-ring (bicyclic) bond motifs is 1. The summed E-state index contributed by atoms with van der Waals surface area (Å²) in [5, 5.41) is 5.82. The summed E-state index contributed by atoms with van der Waals surface area (Å²) in [5.74, 6) is 1.88. The van der Waals surface area contributed by atoms with Gasteiger partial charge in [0.2, 0.25) is 5.95 Å². The summed E-state index contributed by atoms with van der Waals surface area (Å²) in [6, 6.07) is 13.8. The Kier molecular flexibility index (Phi) is 6.62. The molecule has 0 aliphatic carbocycles. The number of pyridine rings is 1. The predicted molar refractivity (Wildman–Crippen MR) is 129 cm³/mol. The maximum absolute atomic E-state index is 14.1. The third-order valence-electron chi connectivity index (χ3n) is 5.20. The fourth-order valence-corrected chi connectivity index (χ4v) is 3.50. The van der Waals surface area contributed by atoms with Gasteiger partial charge in [0.1, 0.15) is 23.1 Å². The Hall–Kier alpha value is -4.14. The number of hydrogen-bond donors (Lipinski definition) is 2. The molecule has 0 bridgehead atoms. The van der Waals surface area contributed by atoms with Crippen LogP contribution < -0.4 is 15.4 Å². The number of hydrogen-bond acceptors (Lipinski definition) is 6. The van der Waals surface area contributed by atoms with Gasteiger partial charge < -0.3 is 19.4 Å². The lowest BCUT2D eigenvalue weighted by molar-refractivity contribution is 0.168. The minimum absolute atomic E-state index is 0.0723. The van der Waals surface area contributed by atoms with E-state index >= 15 is 0 Å². The fraction of sp³-hybridized carbons (Fsp3) is 0.240. The van der Waals surface area contributed by atoms with Crippen LogP contribution in [-0.4, -0.2) is 27.2 Å². The van der Waals surface area contributed by atoms with Crippen molar-refractivity contribution in [1.29, 1.82) is 0 Å². The zero-order valence-electron chi connectivity index (χ0n) is 19.4. The maximum Gasteiger partial charge on any atom is 0.412 e. The number of ether oxygens (including phenoxy) is 2. The van der Waals surface area contributed by atoms with Crippen molar-refractivity contribution in [2.24, 2.45) is 7.05 Å². The quantitative estimate of drug-likeness (QED) is 0.333. The molecule has 8 nitrogen and oxygen atoms in total. The molecule has 2 aromatic carbocycles. The highest BCUT2D eigenvalue weighted by Crippen LogP contribution is 2.29. The van der Waals surface area contributed by atoms with Crippen LogP contribution in [-0.2, 0) is 11.8 Å². The van der Waals surface area contributed by atoms with E-state index in [1.165, 1.54) is 12.3 Å². The monoisotopic (exact) mass is 463 g/mol. The highest BCUT2D eigenvalue weighted by molar-refractivity contribution is 5.83. The summed E-state index contributed by atoms with van der Waals surface area (Å²) in [6.45, 7) is 5.90. The molecular weight excluding hydrogens is 437 g/mol. The highest BCUT2D eigenvalue weighted by atomic mass is 19.1. The first-order valence-corrected chi connectivity index (χ1v) is 10.9. The van der Waals surface area contributed by atoms with Crippen LogP contribution in [0.15, 0.2) is 54.7 Å². The van der Waals surface area contributed by atoms with Gasteiger partial charge in [-0.15, -0.1) is 0 Å². The summed E-state index contributed by atoms with van der Waals surface area (Å²) in [5.41, 5.74) is 3.04. The second-order valence-electron chi connectivity index (χ2n) is 7.99. The van der Waals surface area contributed by atoms with Crippen LogP contribution in [0.5, 0.6) is 11.5 Å². The van der Waals surface area contributed by atoms with Crippen LogP contribution in [0.1, 0.15) is 32.3 Å². The van der Waals surface area contributed by atoms with Crippen LogP contribution in [0.2, 0.25) is 0 Å². The first-order valence-electron chi connectivity index (χ1n) is 10.9. The van der Waals surface area contributed by atoms with Gasteiger partial charge in [0.15, 0.2) is 0 Å². The smallest absolute Gasteiger partial charge is 0.412 e. The van der Waals surface area contributed by atoms with Gasteiger partial charge in [-0.05, 0) is 54.8 Å². The second-order valence-corrected chi connectivity index (χ2v) is 7.99. The molecule has 0 saturated carbocycles. The molecule has 4 rings (SSSR count). The Balaban J connectivity index is 1.54. The van der Waals surface area contributed by atoms with E-state index in [1.54, 1.807) is 31.2 Å². The summed E-state index contributed by atoms with van der Waals surface area (Å²) in [4.78, 5) is 20.4. The molecule has 0 aliphatic heterocycles. The summed E-state index contributed by atoms with van der Waals surface area (Å²) in [6.07, 6.45) is 0.954. The molecule has 1 amide bonds. The molecule has 0 atom stereocenters.